The number of hydrogen-bond acceptors (Lipinski definition) is 5. The summed E-state index contributed by atoms with van der Waals surface area (Å²) in [4.78, 5) is 17.4. The summed E-state index contributed by atoms with van der Waals surface area (Å²) in [6.45, 7) is 4.99. The second kappa shape index (κ2) is 9.24. The summed E-state index contributed by atoms with van der Waals surface area (Å²) in [5.41, 5.74) is 3.25. The van der Waals surface area contributed by atoms with Crippen LogP contribution < -0.4 is 9.64 Å². The molecule has 1 N–H and O–H groups in total. The Kier molecular flexibility index (Phi) is 6.15. The summed E-state index contributed by atoms with van der Waals surface area (Å²) in [7, 11) is 0. The van der Waals surface area contributed by atoms with Gasteiger partial charge in [-0.2, -0.15) is 0 Å². The van der Waals surface area contributed by atoms with Crippen LogP contribution in [0.5, 0.6) is 11.5 Å². The van der Waals surface area contributed by atoms with Gasteiger partial charge in [-0.15, -0.1) is 0 Å². The largest absolute Gasteiger partial charge is 0.507 e. The number of piperazine rings is 1. The summed E-state index contributed by atoms with van der Waals surface area (Å²) in [5, 5.41) is 10.7. The average Bonchev–Trinajstić information content (AvgIpc) is 3.15. The summed E-state index contributed by atoms with van der Waals surface area (Å²) in [6.07, 6.45) is 1.72. The van der Waals surface area contributed by atoms with Crippen molar-refractivity contribution in [3.8, 4) is 11.5 Å². The molecule has 34 heavy (non-hydrogen) atoms. The number of aryl methyl sites for hydroxylation is 1. The molecule has 174 valence electrons. The zero-order chi connectivity index (χ0) is 23.8. The summed E-state index contributed by atoms with van der Waals surface area (Å²) in [5.74, 6) is 0.396. The fourth-order valence-corrected chi connectivity index (χ4v) is 4.79. The lowest BCUT2D eigenvalue weighted by molar-refractivity contribution is 0.101. The minimum atomic E-state index is -0.220. The molecule has 3 aromatic carbocycles. The highest BCUT2D eigenvalue weighted by Crippen LogP contribution is 2.42. The predicted molar refractivity (Wildman–Crippen MR) is 134 cm³/mol. The number of Topliss-reactive ketones (excluding diaryl/α,β-unsaturated/α-hetero) is 1. The number of aromatic hydroxyl groups is 1. The maximum absolute atomic E-state index is 14.2. The van der Waals surface area contributed by atoms with Crippen molar-refractivity contribution < 1.29 is 19.0 Å². The van der Waals surface area contributed by atoms with E-state index in [1.807, 2.05) is 35.2 Å². The second-order valence-corrected chi connectivity index (χ2v) is 9.52. The molecule has 5 nitrogen and oxygen atoms in total. The molecule has 1 fully saturated rings. The lowest BCUT2D eigenvalue weighted by atomic mass is 9.99. The number of carbonyl (C=O) groups excluding carboxylic acids is 1. The quantitative estimate of drug-likeness (QED) is 0.456. The topological polar surface area (TPSA) is 53.0 Å². The van der Waals surface area contributed by atoms with Gasteiger partial charge in [-0.1, -0.05) is 40.2 Å². The third-order valence-electron chi connectivity index (χ3n) is 6.34. The van der Waals surface area contributed by atoms with E-state index < -0.39 is 0 Å². The van der Waals surface area contributed by atoms with E-state index in [0.29, 0.717) is 60.9 Å². The number of phenols is 1. The van der Waals surface area contributed by atoms with Crippen LogP contribution in [0.3, 0.4) is 0 Å². The Labute approximate surface area is 206 Å². The van der Waals surface area contributed by atoms with Gasteiger partial charge in [0.25, 0.3) is 0 Å². The number of allylic oxidation sites excluding steroid dienone is 1. The fraction of sp³-hybridized carbons (Fsp3) is 0.222. The Balaban J connectivity index is 1.36. The highest BCUT2D eigenvalue weighted by molar-refractivity contribution is 9.10. The van der Waals surface area contributed by atoms with Crippen molar-refractivity contribution in [2.24, 2.45) is 0 Å². The highest BCUT2D eigenvalue weighted by atomic mass is 79.9. The molecule has 5 rings (SSSR count). The van der Waals surface area contributed by atoms with Crippen molar-refractivity contribution in [1.82, 2.24) is 4.90 Å². The van der Waals surface area contributed by atoms with Crippen molar-refractivity contribution >= 4 is 33.5 Å². The van der Waals surface area contributed by atoms with Crippen LogP contribution in [0, 0.1) is 12.7 Å². The van der Waals surface area contributed by atoms with Crippen molar-refractivity contribution in [2.45, 2.75) is 13.5 Å². The first-order valence-electron chi connectivity index (χ1n) is 11.2. The van der Waals surface area contributed by atoms with Gasteiger partial charge in [0.15, 0.2) is 5.76 Å². The van der Waals surface area contributed by atoms with Crippen LogP contribution >= 0.6 is 15.9 Å². The molecule has 0 aromatic heterocycles. The van der Waals surface area contributed by atoms with E-state index in [4.69, 9.17) is 4.74 Å². The number of anilines is 1. The van der Waals surface area contributed by atoms with E-state index in [9.17, 15) is 14.3 Å². The number of para-hydroxylation sites is 1. The first kappa shape index (κ1) is 22.6. The number of benzene rings is 3. The Morgan fingerprint density at radius 2 is 1.79 bits per heavy atom. The molecule has 1 saturated heterocycles. The number of ether oxygens (including phenoxy) is 1. The number of fused-ring (bicyclic) bond motifs is 1. The summed E-state index contributed by atoms with van der Waals surface area (Å²) in [6, 6.07) is 16.0. The Morgan fingerprint density at radius 1 is 1.09 bits per heavy atom. The molecule has 0 spiro atoms. The Morgan fingerprint density at radius 3 is 2.50 bits per heavy atom. The normalized spacial score (nSPS) is 17.2. The number of carbonyl (C=O) groups is 1. The van der Waals surface area contributed by atoms with Crippen LogP contribution in [0.2, 0.25) is 0 Å². The standard InChI is InChI=1S/C27H24BrFN2O3/c1-17-14-23(32)20(16-30-10-12-31(13-11-30)22-5-3-2-4-21(22)29)27-25(17)26(33)24(34-27)15-18-6-8-19(28)9-7-18/h2-9,14-15,32H,10-13,16H2,1H3/b24-15-. The third-order valence-corrected chi connectivity index (χ3v) is 6.86. The molecule has 0 radical (unpaired) electrons. The molecule has 0 atom stereocenters. The van der Waals surface area contributed by atoms with Crippen LogP contribution in [0.1, 0.15) is 27.0 Å². The van der Waals surface area contributed by atoms with Gasteiger partial charge in [-0.3, -0.25) is 9.69 Å². The van der Waals surface area contributed by atoms with Crippen LogP contribution in [0.15, 0.2) is 64.8 Å². The van der Waals surface area contributed by atoms with Crippen molar-refractivity contribution in [3.05, 3.63) is 92.9 Å². The average molecular weight is 523 g/mol. The highest BCUT2D eigenvalue weighted by Gasteiger charge is 2.34. The first-order chi connectivity index (χ1) is 16.4. The smallest absolute Gasteiger partial charge is 0.232 e. The van der Waals surface area contributed by atoms with E-state index in [1.54, 1.807) is 31.2 Å². The second-order valence-electron chi connectivity index (χ2n) is 8.60. The minimum Gasteiger partial charge on any atom is -0.507 e. The zero-order valence-corrected chi connectivity index (χ0v) is 20.3. The Bertz CT molecular complexity index is 1280. The van der Waals surface area contributed by atoms with E-state index in [-0.39, 0.29) is 23.1 Å². The number of hydrogen-bond donors (Lipinski definition) is 1. The molecular formula is C27H24BrFN2O3. The van der Waals surface area contributed by atoms with E-state index >= 15 is 0 Å². The maximum Gasteiger partial charge on any atom is 0.232 e. The molecule has 0 aliphatic carbocycles. The SMILES string of the molecule is Cc1cc(O)c(CN2CCN(c3ccccc3F)CC2)c2c1C(=O)/C(=C/c1ccc(Br)cc1)O2. The number of nitrogens with zero attached hydrogens (tertiary/aromatic N) is 2. The summed E-state index contributed by atoms with van der Waals surface area (Å²) >= 11 is 3.41. The van der Waals surface area contributed by atoms with Crippen LogP contribution in [0.25, 0.3) is 6.08 Å². The molecule has 2 heterocycles. The molecule has 0 amide bonds. The number of rotatable bonds is 4. The molecule has 3 aromatic rings. The van der Waals surface area contributed by atoms with E-state index in [1.165, 1.54) is 6.07 Å². The van der Waals surface area contributed by atoms with Gasteiger partial charge in [0, 0.05) is 37.2 Å². The molecule has 7 heteroatoms. The van der Waals surface area contributed by atoms with Crippen molar-refractivity contribution in [1.29, 1.82) is 0 Å². The lowest BCUT2D eigenvalue weighted by Gasteiger charge is -2.36. The molecule has 0 unspecified atom stereocenters. The lowest BCUT2D eigenvalue weighted by Crippen LogP contribution is -2.46. The number of ketones is 1. The van der Waals surface area contributed by atoms with Crippen LogP contribution in [-0.4, -0.2) is 42.0 Å². The Hall–Kier alpha value is -3.16. The molecule has 2 aliphatic rings. The fourth-order valence-electron chi connectivity index (χ4n) is 4.52. The zero-order valence-electron chi connectivity index (χ0n) is 18.7. The molecular weight excluding hydrogens is 499 g/mol. The van der Waals surface area contributed by atoms with E-state index in [2.05, 4.69) is 20.8 Å². The molecule has 0 saturated carbocycles. The number of halogens is 2. The maximum atomic E-state index is 14.2. The van der Waals surface area contributed by atoms with Gasteiger partial charge in [0.05, 0.1) is 16.8 Å². The van der Waals surface area contributed by atoms with Crippen LogP contribution in [-0.2, 0) is 6.54 Å². The summed E-state index contributed by atoms with van der Waals surface area (Å²) < 4.78 is 21.2. The van der Waals surface area contributed by atoms with E-state index in [0.717, 1.165) is 10.0 Å². The number of phenolic OH excluding ortho intramolecular Hbond substituents is 1. The molecule has 2 aliphatic heterocycles. The van der Waals surface area contributed by atoms with Crippen molar-refractivity contribution in [3.63, 3.8) is 0 Å². The third kappa shape index (κ3) is 4.33. The first-order valence-corrected chi connectivity index (χ1v) is 12.0. The van der Waals surface area contributed by atoms with Crippen molar-refractivity contribution in [2.75, 3.05) is 31.1 Å². The van der Waals surface area contributed by atoms with Gasteiger partial charge in [-0.25, -0.2) is 4.39 Å². The van der Waals surface area contributed by atoms with Gasteiger partial charge in [0.2, 0.25) is 5.78 Å². The molecule has 0 bridgehead atoms. The van der Waals surface area contributed by atoms with Gasteiger partial charge in [-0.05, 0) is 54.5 Å². The monoisotopic (exact) mass is 522 g/mol. The van der Waals surface area contributed by atoms with Gasteiger partial charge >= 0.3 is 0 Å². The van der Waals surface area contributed by atoms with Gasteiger partial charge < -0.3 is 14.7 Å². The predicted octanol–water partition coefficient (Wildman–Crippen LogP) is 5.54. The van der Waals surface area contributed by atoms with Crippen LogP contribution in [0.4, 0.5) is 10.1 Å². The van der Waals surface area contributed by atoms with Gasteiger partial charge in [0.1, 0.15) is 17.3 Å². The minimum absolute atomic E-state index is 0.116.